The third kappa shape index (κ3) is 5.21. The van der Waals surface area contributed by atoms with Crippen LogP contribution in [0.2, 0.25) is 0 Å². The average molecular weight is 328 g/mol. The SMILES string of the molecule is Nc1nc2ccc(CO)cc2s1.O=C(O)C=Cc1ccccc1. The monoisotopic (exact) mass is 328 g/mol. The first-order chi connectivity index (χ1) is 11.1. The molecular formula is C17H16N2O3S. The molecule has 0 bridgehead atoms. The highest BCUT2D eigenvalue weighted by atomic mass is 32.1. The van der Waals surface area contributed by atoms with E-state index >= 15 is 0 Å². The number of benzene rings is 2. The van der Waals surface area contributed by atoms with Crippen LogP contribution in [0.25, 0.3) is 16.3 Å². The Morgan fingerprint density at radius 2 is 1.96 bits per heavy atom. The molecule has 3 aromatic rings. The summed E-state index contributed by atoms with van der Waals surface area (Å²) in [5.74, 6) is -0.922. The smallest absolute Gasteiger partial charge is 0.328 e. The van der Waals surface area contributed by atoms with Crippen molar-refractivity contribution >= 4 is 38.7 Å². The Morgan fingerprint density at radius 1 is 1.22 bits per heavy atom. The van der Waals surface area contributed by atoms with E-state index in [2.05, 4.69) is 4.98 Å². The van der Waals surface area contributed by atoms with Gasteiger partial charge >= 0.3 is 5.97 Å². The predicted molar refractivity (Wildman–Crippen MR) is 93.1 cm³/mol. The van der Waals surface area contributed by atoms with Crippen LogP contribution in [0.5, 0.6) is 0 Å². The van der Waals surface area contributed by atoms with Crippen LogP contribution in [-0.2, 0) is 11.4 Å². The zero-order valence-corrected chi connectivity index (χ0v) is 13.0. The summed E-state index contributed by atoms with van der Waals surface area (Å²) in [5.41, 5.74) is 8.22. The molecular weight excluding hydrogens is 312 g/mol. The van der Waals surface area contributed by atoms with Gasteiger partial charge in [-0.25, -0.2) is 9.78 Å². The fourth-order valence-corrected chi connectivity index (χ4v) is 2.61. The molecule has 0 spiro atoms. The largest absolute Gasteiger partial charge is 0.478 e. The van der Waals surface area contributed by atoms with Crippen LogP contribution in [0.1, 0.15) is 11.1 Å². The van der Waals surface area contributed by atoms with Crippen LogP contribution < -0.4 is 5.73 Å². The van der Waals surface area contributed by atoms with E-state index < -0.39 is 5.97 Å². The minimum Gasteiger partial charge on any atom is -0.478 e. The number of carbonyl (C=O) groups is 1. The predicted octanol–water partition coefficient (Wildman–Crippen LogP) is 3.16. The summed E-state index contributed by atoms with van der Waals surface area (Å²) < 4.78 is 1.03. The molecule has 0 amide bonds. The van der Waals surface area contributed by atoms with Crippen molar-refractivity contribution in [3.63, 3.8) is 0 Å². The molecule has 0 atom stereocenters. The molecule has 5 nitrogen and oxygen atoms in total. The van der Waals surface area contributed by atoms with E-state index in [0.29, 0.717) is 5.13 Å². The van der Waals surface area contributed by atoms with Gasteiger partial charge in [0.15, 0.2) is 5.13 Å². The van der Waals surface area contributed by atoms with Crippen LogP contribution >= 0.6 is 11.3 Å². The summed E-state index contributed by atoms with van der Waals surface area (Å²) in [5, 5.41) is 17.7. The van der Waals surface area contributed by atoms with Crippen molar-refractivity contribution in [3.05, 3.63) is 65.7 Å². The Hall–Kier alpha value is -2.70. The normalized spacial score (nSPS) is 10.5. The van der Waals surface area contributed by atoms with Gasteiger partial charge in [-0.05, 0) is 29.3 Å². The van der Waals surface area contributed by atoms with Gasteiger partial charge in [0, 0.05) is 6.08 Å². The van der Waals surface area contributed by atoms with Gasteiger partial charge in [-0.3, -0.25) is 0 Å². The Labute approximate surface area is 137 Å². The molecule has 0 aliphatic rings. The number of fused-ring (bicyclic) bond motifs is 1. The summed E-state index contributed by atoms with van der Waals surface area (Å²) in [4.78, 5) is 14.2. The minimum absolute atomic E-state index is 0.0632. The zero-order chi connectivity index (χ0) is 16.7. The van der Waals surface area contributed by atoms with E-state index in [9.17, 15) is 4.79 Å². The first-order valence-electron chi connectivity index (χ1n) is 6.80. The molecule has 1 heterocycles. The molecule has 0 saturated heterocycles. The molecule has 0 aliphatic heterocycles. The summed E-state index contributed by atoms with van der Waals surface area (Å²) in [7, 11) is 0. The van der Waals surface area contributed by atoms with Gasteiger partial charge in [0.05, 0.1) is 16.8 Å². The average Bonchev–Trinajstić information content (AvgIpc) is 2.93. The number of nitrogen functional groups attached to an aromatic ring is 1. The van der Waals surface area contributed by atoms with Crippen molar-refractivity contribution in [1.82, 2.24) is 4.98 Å². The first-order valence-corrected chi connectivity index (χ1v) is 7.62. The lowest BCUT2D eigenvalue weighted by molar-refractivity contribution is -0.131. The number of hydrogen-bond acceptors (Lipinski definition) is 5. The van der Waals surface area contributed by atoms with Gasteiger partial charge < -0.3 is 15.9 Å². The summed E-state index contributed by atoms with van der Waals surface area (Å²) in [6, 6.07) is 14.9. The van der Waals surface area contributed by atoms with Gasteiger partial charge in [0.1, 0.15) is 0 Å². The lowest BCUT2D eigenvalue weighted by atomic mass is 10.2. The van der Waals surface area contributed by atoms with Crippen LogP contribution in [0, 0.1) is 0 Å². The number of carboxylic acids is 1. The number of carboxylic acid groups (broad SMARTS) is 1. The molecule has 0 fully saturated rings. The van der Waals surface area contributed by atoms with Gasteiger partial charge in [0.2, 0.25) is 0 Å². The highest BCUT2D eigenvalue weighted by Crippen LogP contribution is 2.24. The maximum atomic E-state index is 10.1. The van der Waals surface area contributed by atoms with Crippen LogP contribution in [0.4, 0.5) is 5.13 Å². The molecule has 6 heteroatoms. The van der Waals surface area contributed by atoms with E-state index in [1.807, 2.05) is 48.5 Å². The number of nitrogens with zero attached hydrogens (tertiary/aromatic N) is 1. The maximum Gasteiger partial charge on any atom is 0.328 e. The number of anilines is 1. The number of aliphatic hydroxyl groups is 1. The molecule has 0 saturated carbocycles. The van der Waals surface area contributed by atoms with Gasteiger partial charge in [0.25, 0.3) is 0 Å². The number of aliphatic carboxylic acids is 1. The van der Waals surface area contributed by atoms with Crippen LogP contribution in [0.15, 0.2) is 54.6 Å². The van der Waals surface area contributed by atoms with Crippen molar-refractivity contribution in [2.24, 2.45) is 0 Å². The summed E-state index contributed by atoms with van der Waals surface area (Å²) in [6.45, 7) is 0.0632. The van der Waals surface area contributed by atoms with Crippen LogP contribution in [0.3, 0.4) is 0 Å². The van der Waals surface area contributed by atoms with Crippen molar-refractivity contribution < 1.29 is 15.0 Å². The molecule has 1 aromatic heterocycles. The Kier molecular flexibility index (Phi) is 5.85. The fraction of sp³-hybridized carbons (Fsp3) is 0.0588. The molecule has 2 aromatic carbocycles. The number of hydrogen-bond donors (Lipinski definition) is 3. The summed E-state index contributed by atoms with van der Waals surface area (Å²) in [6.07, 6.45) is 2.68. The minimum atomic E-state index is -0.922. The van der Waals surface area contributed by atoms with E-state index in [-0.39, 0.29) is 6.61 Å². The van der Waals surface area contributed by atoms with E-state index in [1.54, 1.807) is 6.08 Å². The molecule has 118 valence electrons. The summed E-state index contributed by atoms with van der Waals surface area (Å²) >= 11 is 1.44. The number of nitrogens with two attached hydrogens (primary N) is 1. The van der Waals surface area contributed by atoms with Crippen molar-refractivity contribution in [3.8, 4) is 0 Å². The van der Waals surface area contributed by atoms with E-state index in [4.69, 9.17) is 15.9 Å². The Morgan fingerprint density at radius 3 is 2.61 bits per heavy atom. The van der Waals surface area contributed by atoms with E-state index in [1.165, 1.54) is 11.3 Å². The molecule has 23 heavy (non-hydrogen) atoms. The lowest BCUT2D eigenvalue weighted by Crippen LogP contribution is -1.85. The Balaban J connectivity index is 0.000000168. The number of aliphatic hydroxyl groups excluding tert-OH is 1. The molecule has 0 unspecified atom stereocenters. The molecule has 0 aliphatic carbocycles. The van der Waals surface area contributed by atoms with Crippen molar-refractivity contribution in [1.29, 1.82) is 0 Å². The second-order valence-corrected chi connectivity index (χ2v) is 5.66. The number of rotatable bonds is 3. The molecule has 0 radical (unpaired) electrons. The third-order valence-corrected chi connectivity index (χ3v) is 3.72. The number of aromatic nitrogens is 1. The van der Waals surface area contributed by atoms with Crippen molar-refractivity contribution in [2.45, 2.75) is 6.61 Å². The second-order valence-electron chi connectivity index (χ2n) is 4.59. The highest BCUT2D eigenvalue weighted by molar-refractivity contribution is 7.22. The fourth-order valence-electron chi connectivity index (χ4n) is 1.82. The highest BCUT2D eigenvalue weighted by Gasteiger charge is 2.00. The lowest BCUT2D eigenvalue weighted by Gasteiger charge is -1.92. The Bertz CT molecular complexity index is 813. The second kappa shape index (κ2) is 8.07. The van der Waals surface area contributed by atoms with Crippen molar-refractivity contribution in [2.75, 3.05) is 5.73 Å². The topological polar surface area (TPSA) is 96.4 Å². The van der Waals surface area contributed by atoms with E-state index in [0.717, 1.165) is 27.4 Å². The van der Waals surface area contributed by atoms with Gasteiger partial charge in [-0.1, -0.05) is 47.7 Å². The standard InChI is InChI=1S/C9H8O2.C8H8N2OS/c10-9(11)7-6-8-4-2-1-3-5-8;9-8-10-6-2-1-5(4-11)3-7(6)12-8/h1-7H,(H,10,11);1-3,11H,4H2,(H2,9,10). The quantitative estimate of drug-likeness (QED) is 0.642. The first kappa shape index (κ1) is 16.7. The molecule has 3 rings (SSSR count). The van der Waals surface area contributed by atoms with Gasteiger partial charge in [-0.15, -0.1) is 0 Å². The zero-order valence-electron chi connectivity index (χ0n) is 12.2. The third-order valence-electron chi connectivity index (χ3n) is 2.87. The maximum absolute atomic E-state index is 10.1. The molecule has 4 N–H and O–H groups in total. The number of thiazole rings is 1. The van der Waals surface area contributed by atoms with Gasteiger partial charge in [-0.2, -0.15) is 0 Å². The van der Waals surface area contributed by atoms with Crippen LogP contribution in [-0.4, -0.2) is 21.2 Å².